The Kier molecular flexibility index (Phi) is 5.31. The quantitative estimate of drug-likeness (QED) is 0.908. The Morgan fingerprint density at radius 3 is 2.39 bits per heavy atom. The molecule has 1 heterocycles. The highest BCUT2D eigenvalue weighted by Crippen LogP contribution is 2.31. The lowest BCUT2D eigenvalue weighted by Crippen LogP contribution is -2.41. The maximum atomic E-state index is 12.5. The number of amides is 1. The van der Waals surface area contributed by atoms with Crippen LogP contribution in [0.25, 0.3) is 0 Å². The minimum Gasteiger partial charge on any atom is -0.495 e. The Bertz CT molecular complexity index is 692. The van der Waals surface area contributed by atoms with Gasteiger partial charge in [-0.1, -0.05) is 6.07 Å². The summed E-state index contributed by atoms with van der Waals surface area (Å²) in [6.45, 7) is 4.68. The summed E-state index contributed by atoms with van der Waals surface area (Å²) in [5.74, 6) is 0.381. The van der Waals surface area contributed by atoms with Crippen LogP contribution in [0.5, 0.6) is 5.75 Å². The molecule has 1 aliphatic heterocycles. The summed E-state index contributed by atoms with van der Waals surface area (Å²) in [6, 6.07) is 3.87. The third-order valence-corrected chi connectivity index (χ3v) is 5.51. The molecule has 1 fully saturated rings. The molecule has 1 N–H and O–H groups in total. The molecule has 2 rings (SSSR count). The molecule has 1 aromatic carbocycles. The molecule has 0 aromatic heterocycles. The van der Waals surface area contributed by atoms with Crippen LogP contribution in [0.4, 0.5) is 5.69 Å². The number of sulfonamides is 1. The van der Waals surface area contributed by atoms with E-state index in [0.717, 1.165) is 11.1 Å². The average Bonchev–Trinajstić information content (AvgIpc) is 2.48. The first kappa shape index (κ1) is 17.7. The highest BCUT2D eigenvalue weighted by atomic mass is 32.2. The Morgan fingerprint density at radius 1 is 1.26 bits per heavy atom. The van der Waals surface area contributed by atoms with Crippen LogP contribution in [-0.4, -0.2) is 45.1 Å². The van der Waals surface area contributed by atoms with Gasteiger partial charge in [0.1, 0.15) is 5.75 Å². The van der Waals surface area contributed by atoms with E-state index in [-0.39, 0.29) is 11.8 Å². The summed E-state index contributed by atoms with van der Waals surface area (Å²) in [5, 5.41) is 2.95. The second kappa shape index (κ2) is 6.88. The van der Waals surface area contributed by atoms with E-state index < -0.39 is 10.0 Å². The van der Waals surface area contributed by atoms with E-state index in [1.807, 2.05) is 26.0 Å². The molecule has 0 spiro atoms. The molecule has 7 heteroatoms. The van der Waals surface area contributed by atoms with Gasteiger partial charge in [0.25, 0.3) is 0 Å². The molecule has 0 radical (unpaired) electrons. The summed E-state index contributed by atoms with van der Waals surface area (Å²) in [6.07, 6.45) is 2.27. The zero-order valence-electron chi connectivity index (χ0n) is 14.0. The normalized spacial score (nSPS) is 17.0. The molecule has 1 aliphatic rings. The molecule has 1 saturated heterocycles. The molecule has 1 amide bonds. The van der Waals surface area contributed by atoms with Crippen molar-refractivity contribution in [2.24, 2.45) is 5.92 Å². The van der Waals surface area contributed by atoms with Crippen LogP contribution in [0.3, 0.4) is 0 Å². The van der Waals surface area contributed by atoms with Gasteiger partial charge in [-0.2, -0.15) is 0 Å². The summed E-state index contributed by atoms with van der Waals surface area (Å²) < 4.78 is 29.8. The lowest BCUT2D eigenvalue weighted by atomic mass is 9.97. The Hall–Kier alpha value is -1.60. The van der Waals surface area contributed by atoms with Crippen molar-refractivity contribution in [3.63, 3.8) is 0 Å². The van der Waals surface area contributed by atoms with Gasteiger partial charge >= 0.3 is 0 Å². The van der Waals surface area contributed by atoms with E-state index in [1.165, 1.54) is 10.6 Å². The number of aryl methyl sites for hydroxylation is 2. The van der Waals surface area contributed by atoms with E-state index in [1.54, 1.807) is 7.11 Å². The number of hydrogen-bond acceptors (Lipinski definition) is 4. The van der Waals surface area contributed by atoms with Gasteiger partial charge in [-0.25, -0.2) is 12.7 Å². The van der Waals surface area contributed by atoms with Gasteiger partial charge in [-0.15, -0.1) is 0 Å². The van der Waals surface area contributed by atoms with E-state index in [2.05, 4.69) is 5.32 Å². The van der Waals surface area contributed by atoms with Crippen molar-refractivity contribution >= 4 is 21.6 Å². The molecule has 0 atom stereocenters. The molecule has 23 heavy (non-hydrogen) atoms. The molecule has 0 unspecified atom stereocenters. The summed E-state index contributed by atoms with van der Waals surface area (Å²) in [5.41, 5.74) is 2.70. The lowest BCUT2D eigenvalue weighted by molar-refractivity contribution is -0.120. The zero-order chi connectivity index (χ0) is 17.2. The van der Waals surface area contributed by atoms with Crippen LogP contribution in [0.1, 0.15) is 24.0 Å². The summed E-state index contributed by atoms with van der Waals surface area (Å²) in [7, 11) is -1.60. The minimum atomic E-state index is -3.17. The fourth-order valence-corrected chi connectivity index (χ4v) is 3.80. The predicted octanol–water partition coefficient (Wildman–Crippen LogP) is 1.92. The van der Waals surface area contributed by atoms with E-state index in [4.69, 9.17) is 4.74 Å². The average molecular weight is 340 g/mol. The fourth-order valence-electron chi connectivity index (χ4n) is 2.92. The summed E-state index contributed by atoms with van der Waals surface area (Å²) in [4.78, 5) is 12.5. The molecule has 0 aliphatic carbocycles. The number of piperidine rings is 1. The summed E-state index contributed by atoms with van der Waals surface area (Å²) >= 11 is 0. The first-order chi connectivity index (χ1) is 10.7. The number of hydrogen-bond donors (Lipinski definition) is 1. The van der Waals surface area contributed by atoms with Crippen molar-refractivity contribution in [3.05, 3.63) is 23.3 Å². The number of ether oxygens (including phenoxy) is 1. The third kappa shape index (κ3) is 4.23. The zero-order valence-corrected chi connectivity index (χ0v) is 14.9. The highest BCUT2D eigenvalue weighted by Gasteiger charge is 2.29. The van der Waals surface area contributed by atoms with Gasteiger partial charge in [-0.05, 0) is 43.9 Å². The van der Waals surface area contributed by atoms with Crippen molar-refractivity contribution in [2.45, 2.75) is 26.7 Å². The number of nitrogens with one attached hydrogen (secondary N) is 1. The monoisotopic (exact) mass is 340 g/mol. The molecule has 6 nitrogen and oxygen atoms in total. The van der Waals surface area contributed by atoms with Crippen LogP contribution < -0.4 is 10.1 Å². The van der Waals surface area contributed by atoms with Gasteiger partial charge in [-0.3, -0.25) is 4.79 Å². The minimum absolute atomic E-state index is 0.0802. The Balaban J connectivity index is 2.07. The molecule has 0 bridgehead atoms. The second-order valence-electron chi connectivity index (χ2n) is 6.08. The first-order valence-corrected chi connectivity index (χ1v) is 9.48. The van der Waals surface area contributed by atoms with Crippen molar-refractivity contribution in [1.29, 1.82) is 0 Å². The number of methoxy groups -OCH3 is 1. The van der Waals surface area contributed by atoms with Crippen LogP contribution in [0.2, 0.25) is 0 Å². The lowest BCUT2D eigenvalue weighted by Gasteiger charge is -2.29. The molecule has 128 valence electrons. The van der Waals surface area contributed by atoms with E-state index >= 15 is 0 Å². The van der Waals surface area contributed by atoms with E-state index in [9.17, 15) is 13.2 Å². The van der Waals surface area contributed by atoms with Crippen molar-refractivity contribution in [2.75, 3.05) is 31.8 Å². The topological polar surface area (TPSA) is 75.7 Å². The molecular weight excluding hydrogens is 316 g/mol. The first-order valence-electron chi connectivity index (χ1n) is 7.63. The van der Waals surface area contributed by atoms with Crippen molar-refractivity contribution in [3.8, 4) is 5.75 Å². The van der Waals surface area contributed by atoms with Gasteiger partial charge in [0.05, 0.1) is 19.1 Å². The van der Waals surface area contributed by atoms with Gasteiger partial charge in [0.15, 0.2) is 0 Å². The largest absolute Gasteiger partial charge is 0.495 e. The number of nitrogens with zero attached hydrogens (tertiary/aromatic N) is 1. The van der Waals surface area contributed by atoms with Crippen molar-refractivity contribution < 1.29 is 17.9 Å². The standard InChI is InChI=1S/C16H24N2O4S/c1-11-9-12(2)15(14(10-11)22-3)17-16(19)13-5-7-18(8-6-13)23(4,20)21/h9-10,13H,5-8H2,1-4H3,(H,17,19). The van der Waals surface area contributed by atoms with Gasteiger partial charge in [0, 0.05) is 19.0 Å². The van der Waals surface area contributed by atoms with Gasteiger partial charge in [0.2, 0.25) is 15.9 Å². The van der Waals surface area contributed by atoms with Gasteiger partial charge < -0.3 is 10.1 Å². The maximum absolute atomic E-state index is 12.5. The SMILES string of the molecule is COc1cc(C)cc(C)c1NC(=O)C1CCN(S(C)(=O)=O)CC1. The number of anilines is 1. The highest BCUT2D eigenvalue weighted by molar-refractivity contribution is 7.88. The number of carbonyl (C=O) groups is 1. The maximum Gasteiger partial charge on any atom is 0.227 e. The smallest absolute Gasteiger partial charge is 0.227 e. The third-order valence-electron chi connectivity index (χ3n) is 4.21. The molecule has 0 saturated carbocycles. The number of benzene rings is 1. The fraction of sp³-hybridized carbons (Fsp3) is 0.562. The number of carbonyl (C=O) groups excluding carboxylic acids is 1. The molecule has 1 aromatic rings. The number of rotatable bonds is 4. The Labute approximate surface area is 137 Å². The van der Waals surface area contributed by atoms with Crippen LogP contribution >= 0.6 is 0 Å². The van der Waals surface area contributed by atoms with Crippen molar-refractivity contribution in [1.82, 2.24) is 4.31 Å². The predicted molar refractivity (Wildman–Crippen MR) is 90.2 cm³/mol. The second-order valence-corrected chi connectivity index (χ2v) is 8.07. The Morgan fingerprint density at radius 2 is 1.87 bits per heavy atom. The van der Waals surface area contributed by atoms with E-state index in [0.29, 0.717) is 37.4 Å². The van der Waals surface area contributed by atoms with Crippen LogP contribution in [-0.2, 0) is 14.8 Å². The van der Waals surface area contributed by atoms with Crippen LogP contribution in [0, 0.1) is 19.8 Å². The molecular formula is C16H24N2O4S. The van der Waals surface area contributed by atoms with Crippen LogP contribution in [0.15, 0.2) is 12.1 Å².